The van der Waals surface area contributed by atoms with Crippen molar-refractivity contribution in [2.24, 2.45) is 0 Å². The van der Waals surface area contributed by atoms with Gasteiger partial charge in [0.15, 0.2) is 0 Å². The summed E-state index contributed by atoms with van der Waals surface area (Å²) < 4.78 is 4.62. The van der Waals surface area contributed by atoms with Gasteiger partial charge in [0.05, 0.1) is 7.11 Å². The molecule has 0 aromatic heterocycles. The molecule has 0 rings (SSSR count). The van der Waals surface area contributed by atoms with Gasteiger partial charge in [-0.15, -0.1) is 0 Å². The van der Waals surface area contributed by atoms with Gasteiger partial charge in [0, 0.05) is 19.0 Å². The fraction of sp³-hybridized carbons (Fsp3) is 0.818. The topological polar surface area (TPSA) is 67.4 Å². The highest BCUT2D eigenvalue weighted by Gasteiger charge is 2.23. The predicted molar refractivity (Wildman–Crippen MR) is 62.0 cm³/mol. The first-order valence-corrected chi connectivity index (χ1v) is 5.42. The Morgan fingerprint density at radius 2 is 1.94 bits per heavy atom. The van der Waals surface area contributed by atoms with Gasteiger partial charge in [-0.25, -0.2) is 4.79 Å². The van der Waals surface area contributed by atoms with Crippen LogP contribution in [0.1, 0.15) is 34.1 Å². The number of hydrogen-bond acceptors (Lipinski definition) is 4. The predicted octanol–water partition coefficient (Wildman–Crippen LogP) is 0.442. The molecule has 1 unspecified atom stereocenters. The zero-order valence-corrected chi connectivity index (χ0v) is 10.7. The number of amides is 1. The molecule has 5 nitrogen and oxygen atoms in total. The molecule has 0 aromatic carbocycles. The molecule has 1 amide bonds. The van der Waals surface area contributed by atoms with Crippen LogP contribution < -0.4 is 10.6 Å². The molecule has 0 saturated carbocycles. The van der Waals surface area contributed by atoms with Gasteiger partial charge in [0.1, 0.15) is 6.04 Å². The fourth-order valence-electron chi connectivity index (χ4n) is 1.08. The molecule has 0 aliphatic carbocycles. The first-order valence-electron chi connectivity index (χ1n) is 5.42. The Kier molecular flexibility index (Phi) is 6.03. The number of carbonyl (C=O) groups excluding carboxylic acids is 2. The lowest BCUT2D eigenvalue weighted by atomic mass is 10.0. The van der Waals surface area contributed by atoms with Crippen molar-refractivity contribution < 1.29 is 14.3 Å². The van der Waals surface area contributed by atoms with E-state index in [1.54, 1.807) is 0 Å². The Labute approximate surface area is 96.9 Å². The summed E-state index contributed by atoms with van der Waals surface area (Å²) in [5, 5.41) is 5.77. The molecule has 94 valence electrons. The molecule has 2 N–H and O–H groups in total. The molecule has 0 radical (unpaired) electrons. The molecule has 0 spiro atoms. The third-order valence-electron chi connectivity index (χ3n) is 2.53. The van der Waals surface area contributed by atoms with Crippen LogP contribution in [0.5, 0.6) is 0 Å². The molecule has 0 fully saturated rings. The molecule has 1 atom stereocenters. The smallest absolute Gasteiger partial charge is 0.329 e. The number of ether oxygens (including phenoxy) is 1. The van der Waals surface area contributed by atoms with E-state index in [1.165, 1.54) is 14.0 Å². The summed E-state index contributed by atoms with van der Waals surface area (Å²) in [6, 6.07) is -0.631. The summed E-state index contributed by atoms with van der Waals surface area (Å²) in [6.45, 7) is 7.87. The molecule has 0 heterocycles. The number of methoxy groups -OCH3 is 1. The Bertz CT molecular complexity index is 252. The number of hydrogen-bond donors (Lipinski definition) is 2. The second-order valence-electron chi connectivity index (χ2n) is 4.39. The van der Waals surface area contributed by atoms with Crippen molar-refractivity contribution in [3.05, 3.63) is 0 Å². The molecule has 0 saturated heterocycles. The average Bonchev–Trinajstić information content (AvgIpc) is 2.22. The lowest BCUT2D eigenvalue weighted by Crippen LogP contribution is -2.51. The van der Waals surface area contributed by atoms with Gasteiger partial charge >= 0.3 is 5.97 Å². The van der Waals surface area contributed by atoms with Crippen LogP contribution in [0.4, 0.5) is 0 Å². The highest BCUT2D eigenvalue weighted by atomic mass is 16.5. The summed E-state index contributed by atoms with van der Waals surface area (Å²) in [6.07, 6.45) is 0.932. The second kappa shape index (κ2) is 6.48. The normalized spacial score (nSPS) is 13.1. The van der Waals surface area contributed by atoms with Crippen LogP contribution in [0.3, 0.4) is 0 Å². The molecule has 5 heteroatoms. The molecular formula is C11H22N2O3. The Hall–Kier alpha value is -1.10. The van der Waals surface area contributed by atoms with Gasteiger partial charge < -0.3 is 15.4 Å². The summed E-state index contributed by atoms with van der Waals surface area (Å²) >= 11 is 0. The standard InChI is InChI=1S/C11H22N2O3/c1-6-11(3,4)12-7-9(10(15)16-5)13-8(2)14/h9,12H,6-7H2,1-5H3,(H,13,14). The zero-order chi connectivity index (χ0) is 12.8. The number of nitrogens with one attached hydrogen (secondary N) is 2. The summed E-state index contributed by atoms with van der Waals surface area (Å²) in [7, 11) is 1.31. The summed E-state index contributed by atoms with van der Waals surface area (Å²) in [5.41, 5.74) is -0.0647. The van der Waals surface area contributed by atoms with E-state index in [4.69, 9.17) is 0 Å². The van der Waals surface area contributed by atoms with Gasteiger partial charge in [-0.3, -0.25) is 4.79 Å². The van der Waals surface area contributed by atoms with E-state index in [0.29, 0.717) is 6.54 Å². The molecule has 0 aliphatic rings. The quantitative estimate of drug-likeness (QED) is 0.650. The minimum absolute atomic E-state index is 0.0647. The van der Waals surface area contributed by atoms with E-state index >= 15 is 0 Å². The lowest BCUT2D eigenvalue weighted by molar-refractivity contribution is -0.144. The van der Waals surface area contributed by atoms with Crippen molar-refractivity contribution in [1.29, 1.82) is 0 Å². The van der Waals surface area contributed by atoms with Crippen molar-refractivity contribution in [3.63, 3.8) is 0 Å². The van der Waals surface area contributed by atoms with Crippen molar-refractivity contribution in [1.82, 2.24) is 10.6 Å². The van der Waals surface area contributed by atoms with Crippen LogP contribution in [0.2, 0.25) is 0 Å². The summed E-state index contributed by atoms with van der Waals surface area (Å²) in [4.78, 5) is 22.3. The van der Waals surface area contributed by atoms with Crippen LogP contribution >= 0.6 is 0 Å². The van der Waals surface area contributed by atoms with Crippen LogP contribution in [0.25, 0.3) is 0 Å². The number of esters is 1. The highest BCUT2D eigenvalue weighted by Crippen LogP contribution is 2.06. The van der Waals surface area contributed by atoms with Crippen LogP contribution in [-0.4, -0.2) is 37.1 Å². The number of carbonyl (C=O) groups is 2. The second-order valence-corrected chi connectivity index (χ2v) is 4.39. The Balaban J connectivity index is 4.32. The first-order chi connectivity index (χ1) is 7.32. The van der Waals surface area contributed by atoms with Gasteiger partial charge in [-0.1, -0.05) is 6.92 Å². The van der Waals surface area contributed by atoms with Crippen LogP contribution in [0, 0.1) is 0 Å². The van der Waals surface area contributed by atoms with Gasteiger partial charge in [-0.2, -0.15) is 0 Å². The van der Waals surface area contributed by atoms with Gasteiger partial charge in [0.25, 0.3) is 0 Å². The van der Waals surface area contributed by atoms with E-state index in [9.17, 15) is 9.59 Å². The largest absolute Gasteiger partial charge is 0.467 e. The van der Waals surface area contributed by atoms with Crippen molar-refractivity contribution in [2.75, 3.05) is 13.7 Å². The Morgan fingerprint density at radius 3 is 2.31 bits per heavy atom. The lowest BCUT2D eigenvalue weighted by Gasteiger charge is -2.27. The maximum atomic E-state index is 11.4. The monoisotopic (exact) mass is 230 g/mol. The molecule has 0 bridgehead atoms. The minimum atomic E-state index is -0.631. The van der Waals surface area contributed by atoms with Gasteiger partial charge in [0.2, 0.25) is 5.91 Å². The molecule has 0 aliphatic heterocycles. The van der Waals surface area contributed by atoms with Crippen molar-refractivity contribution >= 4 is 11.9 Å². The maximum Gasteiger partial charge on any atom is 0.329 e. The molecular weight excluding hydrogens is 208 g/mol. The van der Waals surface area contributed by atoms with Crippen LogP contribution in [-0.2, 0) is 14.3 Å². The SMILES string of the molecule is CCC(C)(C)NCC(NC(C)=O)C(=O)OC. The van der Waals surface area contributed by atoms with Gasteiger partial charge in [-0.05, 0) is 20.3 Å². The van der Waals surface area contributed by atoms with Crippen molar-refractivity contribution in [3.8, 4) is 0 Å². The Morgan fingerprint density at radius 1 is 1.38 bits per heavy atom. The van der Waals surface area contributed by atoms with Crippen LogP contribution in [0.15, 0.2) is 0 Å². The molecule has 0 aromatic rings. The zero-order valence-electron chi connectivity index (χ0n) is 10.7. The fourth-order valence-corrected chi connectivity index (χ4v) is 1.08. The highest BCUT2D eigenvalue weighted by molar-refractivity contribution is 5.83. The maximum absolute atomic E-state index is 11.4. The van der Waals surface area contributed by atoms with E-state index in [-0.39, 0.29) is 11.4 Å². The minimum Gasteiger partial charge on any atom is -0.467 e. The van der Waals surface area contributed by atoms with Crippen molar-refractivity contribution in [2.45, 2.75) is 45.7 Å². The third kappa shape index (κ3) is 5.70. The van der Waals surface area contributed by atoms with E-state index in [2.05, 4.69) is 22.3 Å². The average molecular weight is 230 g/mol. The third-order valence-corrected chi connectivity index (χ3v) is 2.53. The first kappa shape index (κ1) is 14.9. The summed E-state index contributed by atoms with van der Waals surface area (Å²) in [5.74, 6) is -0.680. The van der Waals surface area contributed by atoms with E-state index in [1.807, 2.05) is 13.8 Å². The van der Waals surface area contributed by atoms with E-state index in [0.717, 1.165) is 6.42 Å². The van der Waals surface area contributed by atoms with E-state index < -0.39 is 12.0 Å². The number of rotatable bonds is 6. The molecule has 16 heavy (non-hydrogen) atoms.